The summed E-state index contributed by atoms with van der Waals surface area (Å²) in [5.41, 5.74) is 0.303. The molecule has 2 rings (SSSR count). The molecule has 0 aromatic heterocycles. The molecular formula is C13H16FNO4S. The van der Waals surface area contributed by atoms with E-state index in [0.717, 1.165) is 6.07 Å². The number of hydrogen-bond acceptors (Lipinski definition) is 4. The van der Waals surface area contributed by atoms with E-state index in [9.17, 15) is 17.6 Å². The van der Waals surface area contributed by atoms with Crippen LogP contribution in [-0.2, 0) is 16.4 Å². The molecule has 2 N–H and O–H groups in total. The van der Waals surface area contributed by atoms with Crippen molar-refractivity contribution in [3.8, 4) is 0 Å². The third-order valence-corrected chi connectivity index (χ3v) is 5.20. The molecule has 0 saturated carbocycles. The van der Waals surface area contributed by atoms with Gasteiger partial charge in [0.1, 0.15) is 5.82 Å². The largest absolute Gasteiger partial charge is 0.478 e. The number of rotatable bonds is 5. The van der Waals surface area contributed by atoms with E-state index in [-0.39, 0.29) is 35.1 Å². The van der Waals surface area contributed by atoms with Crippen molar-refractivity contribution < 1.29 is 22.7 Å². The van der Waals surface area contributed by atoms with E-state index in [1.165, 1.54) is 12.1 Å². The number of hydrogen-bond donors (Lipinski definition) is 2. The highest BCUT2D eigenvalue weighted by molar-refractivity contribution is 7.91. The molecule has 110 valence electrons. The standard InChI is InChI=1S/C13H16FNO4S/c14-12-2-1-10(13(16)17)5-11(12)7-15-6-9-3-4-20(18,19)8-9/h1-2,5,9,15H,3-4,6-8H2,(H,16,17). The van der Waals surface area contributed by atoms with Gasteiger partial charge < -0.3 is 10.4 Å². The van der Waals surface area contributed by atoms with Crippen molar-refractivity contribution in [3.05, 3.63) is 35.1 Å². The van der Waals surface area contributed by atoms with Crippen molar-refractivity contribution >= 4 is 15.8 Å². The van der Waals surface area contributed by atoms with Gasteiger partial charge in [-0.3, -0.25) is 0 Å². The highest BCUT2D eigenvalue weighted by Gasteiger charge is 2.27. The van der Waals surface area contributed by atoms with Crippen LogP contribution in [0, 0.1) is 11.7 Å². The Morgan fingerprint density at radius 3 is 2.80 bits per heavy atom. The van der Waals surface area contributed by atoms with Crippen molar-refractivity contribution in [2.75, 3.05) is 18.1 Å². The third kappa shape index (κ3) is 3.77. The Balaban J connectivity index is 1.91. The van der Waals surface area contributed by atoms with Gasteiger partial charge in [0.25, 0.3) is 0 Å². The first-order valence-corrected chi connectivity index (χ1v) is 8.12. The summed E-state index contributed by atoms with van der Waals surface area (Å²) in [6, 6.07) is 3.63. The molecule has 0 bridgehead atoms. The number of carboxylic acids is 1. The van der Waals surface area contributed by atoms with Gasteiger partial charge in [0.15, 0.2) is 9.84 Å². The van der Waals surface area contributed by atoms with E-state index in [1.54, 1.807) is 0 Å². The molecular weight excluding hydrogens is 285 g/mol. The summed E-state index contributed by atoms with van der Waals surface area (Å²) < 4.78 is 36.1. The molecule has 1 aliphatic heterocycles. The van der Waals surface area contributed by atoms with Crippen LogP contribution in [0.25, 0.3) is 0 Å². The lowest BCUT2D eigenvalue weighted by Crippen LogP contribution is -2.23. The smallest absolute Gasteiger partial charge is 0.335 e. The third-order valence-electron chi connectivity index (χ3n) is 3.37. The summed E-state index contributed by atoms with van der Waals surface area (Å²) in [6.45, 7) is 0.666. The SMILES string of the molecule is O=C(O)c1ccc(F)c(CNCC2CCS(=O)(=O)C2)c1. The van der Waals surface area contributed by atoms with Crippen molar-refractivity contribution in [3.63, 3.8) is 0 Å². The van der Waals surface area contributed by atoms with E-state index in [0.29, 0.717) is 13.0 Å². The normalized spacial score (nSPS) is 20.9. The molecule has 0 amide bonds. The average molecular weight is 301 g/mol. The topological polar surface area (TPSA) is 83.5 Å². The Labute approximate surface area is 116 Å². The Bertz CT molecular complexity index is 615. The molecule has 0 spiro atoms. The zero-order chi connectivity index (χ0) is 14.8. The van der Waals surface area contributed by atoms with Crippen LogP contribution in [0.5, 0.6) is 0 Å². The summed E-state index contributed by atoms with van der Waals surface area (Å²) in [7, 11) is -2.91. The fraction of sp³-hybridized carbons (Fsp3) is 0.462. The highest BCUT2D eigenvalue weighted by Crippen LogP contribution is 2.18. The van der Waals surface area contributed by atoms with E-state index >= 15 is 0 Å². The summed E-state index contributed by atoms with van der Waals surface area (Å²) in [5, 5.41) is 11.8. The maximum absolute atomic E-state index is 13.5. The number of nitrogens with one attached hydrogen (secondary N) is 1. The molecule has 1 fully saturated rings. The summed E-state index contributed by atoms with van der Waals surface area (Å²) in [4.78, 5) is 10.8. The van der Waals surface area contributed by atoms with Gasteiger partial charge in [-0.15, -0.1) is 0 Å². The molecule has 20 heavy (non-hydrogen) atoms. The van der Waals surface area contributed by atoms with Gasteiger partial charge in [-0.25, -0.2) is 17.6 Å². The van der Waals surface area contributed by atoms with Gasteiger partial charge in [0.05, 0.1) is 17.1 Å². The van der Waals surface area contributed by atoms with E-state index in [4.69, 9.17) is 5.11 Å². The molecule has 1 aliphatic rings. The highest BCUT2D eigenvalue weighted by atomic mass is 32.2. The van der Waals surface area contributed by atoms with Gasteiger partial charge >= 0.3 is 5.97 Å². The quantitative estimate of drug-likeness (QED) is 0.849. The Morgan fingerprint density at radius 1 is 1.45 bits per heavy atom. The molecule has 1 unspecified atom stereocenters. The first-order valence-electron chi connectivity index (χ1n) is 6.30. The van der Waals surface area contributed by atoms with E-state index in [2.05, 4.69) is 5.32 Å². The minimum atomic E-state index is -2.91. The number of carboxylic acid groups (broad SMARTS) is 1. The van der Waals surface area contributed by atoms with Crippen LogP contribution in [0.2, 0.25) is 0 Å². The maximum atomic E-state index is 13.5. The van der Waals surface area contributed by atoms with Gasteiger partial charge in [-0.1, -0.05) is 0 Å². The summed E-state index contributed by atoms with van der Waals surface area (Å²) in [6.07, 6.45) is 0.618. The van der Waals surface area contributed by atoms with Crippen molar-refractivity contribution in [1.82, 2.24) is 5.32 Å². The second-order valence-electron chi connectivity index (χ2n) is 5.01. The van der Waals surface area contributed by atoms with Crippen LogP contribution in [0.4, 0.5) is 4.39 Å². The molecule has 1 saturated heterocycles. The molecule has 0 aliphatic carbocycles. The number of aromatic carboxylic acids is 1. The van der Waals surface area contributed by atoms with Crippen LogP contribution >= 0.6 is 0 Å². The Morgan fingerprint density at radius 2 is 2.20 bits per heavy atom. The van der Waals surface area contributed by atoms with Crippen LogP contribution < -0.4 is 5.32 Å². The molecule has 0 radical (unpaired) electrons. The monoisotopic (exact) mass is 301 g/mol. The van der Waals surface area contributed by atoms with E-state index < -0.39 is 21.6 Å². The van der Waals surface area contributed by atoms with Gasteiger partial charge in [-0.2, -0.15) is 0 Å². The van der Waals surface area contributed by atoms with Gasteiger partial charge in [0.2, 0.25) is 0 Å². The predicted molar refractivity (Wildman–Crippen MR) is 71.8 cm³/mol. The molecule has 1 heterocycles. The Kier molecular flexibility index (Phi) is 4.39. The van der Waals surface area contributed by atoms with Gasteiger partial charge in [-0.05, 0) is 37.1 Å². The minimum Gasteiger partial charge on any atom is -0.478 e. The molecule has 1 aromatic rings. The minimum absolute atomic E-state index is 0.0339. The average Bonchev–Trinajstić information content (AvgIpc) is 2.71. The lowest BCUT2D eigenvalue weighted by Gasteiger charge is -2.10. The molecule has 7 heteroatoms. The first kappa shape index (κ1) is 14.9. The fourth-order valence-corrected chi connectivity index (χ4v) is 4.15. The van der Waals surface area contributed by atoms with Crippen molar-refractivity contribution in [1.29, 1.82) is 0 Å². The number of sulfone groups is 1. The van der Waals surface area contributed by atoms with Crippen LogP contribution in [0.15, 0.2) is 18.2 Å². The summed E-state index contributed by atoms with van der Waals surface area (Å²) >= 11 is 0. The van der Waals surface area contributed by atoms with Crippen LogP contribution in [0.1, 0.15) is 22.3 Å². The first-order chi connectivity index (χ1) is 9.37. The van der Waals surface area contributed by atoms with Crippen molar-refractivity contribution in [2.24, 2.45) is 5.92 Å². The lowest BCUT2D eigenvalue weighted by atomic mass is 10.1. The maximum Gasteiger partial charge on any atom is 0.335 e. The zero-order valence-electron chi connectivity index (χ0n) is 10.8. The molecule has 5 nitrogen and oxygen atoms in total. The Hall–Kier alpha value is -1.47. The fourth-order valence-electron chi connectivity index (χ4n) is 2.29. The second kappa shape index (κ2) is 5.88. The number of carbonyl (C=O) groups is 1. The van der Waals surface area contributed by atoms with E-state index in [1.807, 2.05) is 0 Å². The summed E-state index contributed by atoms with van der Waals surface area (Å²) in [5.74, 6) is -1.15. The van der Waals surface area contributed by atoms with Crippen LogP contribution in [-0.4, -0.2) is 37.5 Å². The van der Waals surface area contributed by atoms with Crippen molar-refractivity contribution in [2.45, 2.75) is 13.0 Å². The number of halogens is 1. The molecule has 1 aromatic carbocycles. The predicted octanol–water partition coefficient (Wildman–Crippen LogP) is 1.05. The molecule has 1 atom stereocenters. The lowest BCUT2D eigenvalue weighted by molar-refractivity contribution is 0.0696. The second-order valence-corrected chi connectivity index (χ2v) is 7.24. The number of benzene rings is 1. The van der Waals surface area contributed by atoms with Gasteiger partial charge in [0, 0.05) is 12.1 Å². The van der Waals surface area contributed by atoms with Crippen LogP contribution in [0.3, 0.4) is 0 Å². The zero-order valence-corrected chi connectivity index (χ0v) is 11.6.